The SMILES string of the molecule is CN(Cc1ccccc1C(F)(F)F)C(=O)c1ccc(C#N)cc1. The average molecular weight is 318 g/mol. The molecule has 0 N–H and O–H groups in total. The summed E-state index contributed by atoms with van der Waals surface area (Å²) in [7, 11) is 1.44. The lowest BCUT2D eigenvalue weighted by molar-refractivity contribution is -0.138. The van der Waals surface area contributed by atoms with Crippen LogP contribution in [0.1, 0.15) is 27.0 Å². The van der Waals surface area contributed by atoms with Gasteiger partial charge < -0.3 is 4.90 Å². The first-order chi connectivity index (χ1) is 10.8. The monoisotopic (exact) mass is 318 g/mol. The Morgan fingerprint density at radius 1 is 1.13 bits per heavy atom. The van der Waals surface area contributed by atoms with E-state index in [1.807, 2.05) is 6.07 Å². The Hall–Kier alpha value is -2.81. The highest BCUT2D eigenvalue weighted by Crippen LogP contribution is 2.32. The third-order valence-corrected chi connectivity index (χ3v) is 3.34. The van der Waals surface area contributed by atoms with Gasteiger partial charge in [-0.15, -0.1) is 0 Å². The lowest BCUT2D eigenvalue weighted by Crippen LogP contribution is -2.27. The van der Waals surface area contributed by atoms with Gasteiger partial charge in [-0.2, -0.15) is 18.4 Å². The second-order valence-electron chi connectivity index (χ2n) is 5.01. The third-order valence-electron chi connectivity index (χ3n) is 3.34. The molecule has 0 heterocycles. The molecule has 0 radical (unpaired) electrons. The van der Waals surface area contributed by atoms with Crippen LogP contribution in [0.15, 0.2) is 48.5 Å². The highest BCUT2D eigenvalue weighted by atomic mass is 19.4. The van der Waals surface area contributed by atoms with Crippen molar-refractivity contribution in [3.8, 4) is 6.07 Å². The van der Waals surface area contributed by atoms with E-state index in [0.29, 0.717) is 11.1 Å². The fraction of sp³-hybridized carbons (Fsp3) is 0.176. The Morgan fingerprint density at radius 2 is 1.74 bits per heavy atom. The molecule has 0 aliphatic carbocycles. The van der Waals surface area contributed by atoms with Gasteiger partial charge in [0.05, 0.1) is 17.2 Å². The summed E-state index contributed by atoms with van der Waals surface area (Å²) in [5.41, 5.74) is 0.00610. The minimum Gasteiger partial charge on any atom is -0.337 e. The first kappa shape index (κ1) is 16.6. The van der Waals surface area contributed by atoms with E-state index in [-0.39, 0.29) is 12.1 Å². The number of amides is 1. The van der Waals surface area contributed by atoms with Crippen molar-refractivity contribution < 1.29 is 18.0 Å². The molecule has 23 heavy (non-hydrogen) atoms. The summed E-state index contributed by atoms with van der Waals surface area (Å²) < 4.78 is 38.9. The molecule has 1 amide bonds. The standard InChI is InChI=1S/C17H13F3N2O/c1-22(16(23)13-8-6-12(10-21)7-9-13)11-14-4-2-3-5-15(14)17(18,19)20/h2-9H,11H2,1H3. The Balaban J connectivity index is 2.20. The van der Waals surface area contributed by atoms with Crippen LogP contribution in [0.25, 0.3) is 0 Å². The molecule has 0 saturated heterocycles. The van der Waals surface area contributed by atoms with Crippen LogP contribution in [0.4, 0.5) is 13.2 Å². The molecule has 118 valence electrons. The van der Waals surface area contributed by atoms with Crippen molar-refractivity contribution in [2.45, 2.75) is 12.7 Å². The molecule has 0 spiro atoms. The molecule has 2 aromatic carbocycles. The molecular formula is C17H13F3N2O. The fourth-order valence-electron chi connectivity index (χ4n) is 2.17. The molecule has 6 heteroatoms. The molecule has 3 nitrogen and oxygen atoms in total. The van der Waals surface area contributed by atoms with E-state index in [1.165, 1.54) is 54.4 Å². The zero-order valence-electron chi connectivity index (χ0n) is 12.3. The summed E-state index contributed by atoms with van der Waals surface area (Å²) in [5, 5.41) is 8.73. The normalized spacial score (nSPS) is 10.9. The van der Waals surface area contributed by atoms with Gasteiger partial charge in [0, 0.05) is 19.2 Å². The maximum absolute atomic E-state index is 13.0. The number of nitriles is 1. The molecule has 0 bridgehead atoms. The lowest BCUT2D eigenvalue weighted by atomic mass is 10.1. The molecule has 0 aromatic heterocycles. The third kappa shape index (κ3) is 3.89. The van der Waals surface area contributed by atoms with Crippen molar-refractivity contribution in [3.63, 3.8) is 0 Å². The summed E-state index contributed by atoms with van der Waals surface area (Å²) in [5.74, 6) is -0.411. The Morgan fingerprint density at radius 3 is 2.30 bits per heavy atom. The van der Waals surface area contributed by atoms with Gasteiger partial charge in [0.2, 0.25) is 0 Å². The smallest absolute Gasteiger partial charge is 0.337 e. The molecule has 0 unspecified atom stereocenters. The van der Waals surface area contributed by atoms with Crippen molar-refractivity contribution in [2.75, 3.05) is 7.05 Å². The molecule has 0 fully saturated rings. The Labute approximate surface area is 131 Å². The van der Waals surface area contributed by atoms with Gasteiger partial charge in [0.1, 0.15) is 0 Å². The maximum atomic E-state index is 13.0. The van der Waals surface area contributed by atoms with Crippen LogP contribution in [-0.2, 0) is 12.7 Å². The van der Waals surface area contributed by atoms with Gasteiger partial charge in [-0.1, -0.05) is 18.2 Å². The molecular weight excluding hydrogens is 305 g/mol. The highest BCUT2D eigenvalue weighted by molar-refractivity contribution is 5.94. The van der Waals surface area contributed by atoms with Crippen molar-refractivity contribution in [3.05, 3.63) is 70.8 Å². The van der Waals surface area contributed by atoms with E-state index in [4.69, 9.17) is 5.26 Å². The number of nitrogens with zero attached hydrogens (tertiary/aromatic N) is 2. The van der Waals surface area contributed by atoms with E-state index in [1.54, 1.807) is 0 Å². The van der Waals surface area contributed by atoms with Gasteiger partial charge in [0.15, 0.2) is 0 Å². The summed E-state index contributed by atoms with van der Waals surface area (Å²) in [4.78, 5) is 13.5. The lowest BCUT2D eigenvalue weighted by Gasteiger charge is -2.20. The predicted octanol–water partition coefficient (Wildman–Crippen LogP) is 3.85. The van der Waals surface area contributed by atoms with Crippen LogP contribution in [0.5, 0.6) is 0 Å². The Bertz CT molecular complexity index is 746. The first-order valence-electron chi connectivity index (χ1n) is 6.73. The van der Waals surface area contributed by atoms with Gasteiger partial charge in [-0.05, 0) is 35.9 Å². The zero-order valence-corrected chi connectivity index (χ0v) is 12.3. The van der Waals surface area contributed by atoms with E-state index in [9.17, 15) is 18.0 Å². The van der Waals surface area contributed by atoms with Gasteiger partial charge in [0.25, 0.3) is 5.91 Å². The molecule has 0 aliphatic heterocycles. The summed E-state index contributed by atoms with van der Waals surface area (Å²) in [6.07, 6.45) is -4.46. The largest absolute Gasteiger partial charge is 0.416 e. The van der Waals surface area contributed by atoms with Crippen molar-refractivity contribution in [2.24, 2.45) is 0 Å². The second kappa shape index (κ2) is 6.53. The number of carbonyl (C=O) groups is 1. The average Bonchev–Trinajstić information content (AvgIpc) is 2.53. The van der Waals surface area contributed by atoms with Crippen molar-refractivity contribution in [1.29, 1.82) is 5.26 Å². The van der Waals surface area contributed by atoms with E-state index >= 15 is 0 Å². The molecule has 2 aromatic rings. The fourth-order valence-corrected chi connectivity index (χ4v) is 2.17. The number of hydrogen-bond acceptors (Lipinski definition) is 2. The topological polar surface area (TPSA) is 44.1 Å². The van der Waals surface area contributed by atoms with Crippen LogP contribution in [-0.4, -0.2) is 17.9 Å². The van der Waals surface area contributed by atoms with E-state index < -0.39 is 17.6 Å². The van der Waals surface area contributed by atoms with Gasteiger partial charge >= 0.3 is 6.18 Å². The number of rotatable bonds is 3. The molecule has 0 aliphatic rings. The minimum atomic E-state index is -4.46. The number of hydrogen-bond donors (Lipinski definition) is 0. The first-order valence-corrected chi connectivity index (χ1v) is 6.73. The summed E-state index contributed by atoms with van der Waals surface area (Å²) in [6.45, 7) is -0.158. The molecule has 0 saturated carbocycles. The highest BCUT2D eigenvalue weighted by Gasteiger charge is 2.33. The number of carbonyl (C=O) groups excluding carboxylic acids is 1. The summed E-state index contributed by atoms with van der Waals surface area (Å²) >= 11 is 0. The van der Waals surface area contributed by atoms with Gasteiger partial charge in [-0.25, -0.2) is 0 Å². The van der Waals surface area contributed by atoms with Crippen molar-refractivity contribution in [1.82, 2.24) is 4.90 Å². The quantitative estimate of drug-likeness (QED) is 0.863. The van der Waals surface area contributed by atoms with Gasteiger partial charge in [-0.3, -0.25) is 4.79 Å². The zero-order chi connectivity index (χ0) is 17.0. The molecule has 0 atom stereocenters. The van der Waals surface area contributed by atoms with Crippen molar-refractivity contribution >= 4 is 5.91 Å². The number of alkyl halides is 3. The predicted molar refractivity (Wildman–Crippen MR) is 78.4 cm³/mol. The van der Waals surface area contributed by atoms with Crippen LogP contribution < -0.4 is 0 Å². The summed E-state index contributed by atoms with van der Waals surface area (Å²) in [6, 6.07) is 13.0. The second-order valence-corrected chi connectivity index (χ2v) is 5.01. The van der Waals surface area contributed by atoms with E-state index in [0.717, 1.165) is 6.07 Å². The minimum absolute atomic E-state index is 0.0319. The van der Waals surface area contributed by atoms with Crippen LogP contribution in [0.3, 0.4) is 0 Å². The number of halogens is 3. The maximum Gasteiger partial charge on any atom is 0.416 e. The molecule has 2 rings (SSSR count). The number of benzene rings is 2. The Kier molecular flexibility index (Phi) is 4.70. The van der Waals surface area contributed by atoms with Crippen LogP contribution >= 0.6 is 0 Å². The van der Waals surface area contributed by atoms with E-state index in [2.05, 4.69) is 0 Å². The van der Waals surface area contributed by atoms with Crippen LogP contribution in [0, 0.1) is 11.3 Å². The van der Waals surface area contributed by atoms with Crippen LogP contribution in [0.2, 0.25) is 0 Å².